The van der Waals surface area contributed by atoms with Crippen molar-refractivity contribution in [1.82, 2.24) is 0 Å². The molecule has 1 rings (SSSR count). The van der Waals surface area contributed by atoms with Crippen molar-refractivity contribution in [2.75, 3.05) is 0 Å². The van der Waals surface area contributed by atoms with Crippen LogP contribution in [0, 0.1) is 17.1 Å². The van der Waals surface area contributed by atoms with E-state index in [0.29, 0.717) is 13.4 Å². The number of rotatable bonds is 7. The molecule has 3 nitrogen and oxygen atoms in total. The molecule has 0 spiro atoms. The van der Waals surface area contributed by atoms with Gasteiger partial charge in [-0.1, -0.05) is 24.6 Å². The van der Waals surface area contributed by atoms with Crippen LogP contribution in [0.4, 0.5) is 0 Å². The van der Waals surface area contributed by atoms with Gasteiger partial charge in [-0.05, 0) is 46.4 Å². The van der Waals surface area contributed by atoms with Gasteiger partial charge >= 0.3 is 0 Å². The van der Waals surface area contributed by atoms with E-state index in [9.17, 15) is 5.11 Å². The zero-order valence-electron chi connectivity index (χ0n) is 13.4. The molecule has 1 fully saturated rings. The SMILES string of the molecule is C=C1CB(C#N)CC1CCCBOC(C)(C)C(C)(C)O. The lowest BCUT2D eigenvalue weighted by Crippen LogP contribution is -2.47. The van der Waals surface area contributed by atoms with Gasteiger partial charge in [0.1, 0.15) is 0 Å². The molecule has 1 aliphatic heterocycles. The molecule has 0 saturated carbocycles. The van der Waals surface area contributed by atoms with Gasteiger partial charge < -0.3 is 9.76 Å². The highest BCUT2D eigenvalue weighted by Gasteiger charge is 2.35. The highest BCUT2D eigenvalue weighted by molar-refractivity contribution is 6.68. The first-order valence-electron chi connectivity index (χ1n) is 7.61. The fraction of sp³-hybridized carbons (Fsp3) is 0.800. The first-order valence-corrected chi connectivity index (χ1v) is 7.61. The summed E-state index contributed by atoms with van der Waals surface area (Å²) in [7, 11) is 0.665. The quantitative estimate of drug-likeness (QED) is 0.441. The van der Waals surface area contributed by atoms with Gasteiger partial charge in [0, 0.05) is 5.97 Å². The number of allylic oxidation sites excluding steroid dienone is 1. The zero-order chi connectivity index (χ0) is 15.4. The van der Waals surface area contributed by atoms with E-state index in [0.717, 1.165) is 31.8 Å². The molecule has 0 aliphatic carbocycles. The molecule has 1 N–H and O–H groups in total. The molecule has 5 heteroatoms. The van der Waals surface area contributed by atoms with Crippen molar-refractivity contribution in [3.63, 3.8) is 0 Å². The summed E-state index contributed by atoms with van der Waals surface area (Å²) in [4.78, 5) is 0. The van der Waals surface area contributed by atoms with Gasteiger partial charge in [-0.15, -0.1) is 6.58 Å². The second-order valence-corrected chi connectivity index (χ2v) is 7.03. The molecule has 0 aromatic carbocycles. The minimum Gasteiger partial charge on any atom is -0.432 e. The Hall–Kier alpha value is -0.720. The summed E-state index contributed by atoms with van der Waals surface area (Å²) in [5, 5.41) is 18.9. The Morgan fingerprint density at radius 3 is 2.65 bits per heavy atom. The molecule has 1 atom stereocenters. The van der Waals surface area contributed by atoms with Crippen LogP contribution in [0.25, 0.3) is 0 Å². The third-order valence-electron chi connectivity index (χ3n) is 4.72. The monoisotopic (exact) mass is 275 g/mol. The molecule has 110 valence electrons. The van der Waals surface area contributed by atoms with Crippen molar-refractivity contribution >= 4 is 14.2 Å². The van der Waals surface area contributed by atoms with Gasteiger partial charge in [0.2, 0.25) is 0 Å². The summed E-state index contributed by atoms with van der Waals surface area (Å²) in [5.74, 6) is 2.86. The van der Waals surface area contributed by atoms with Crippen molar-refractivity contribution in [2.24, 2.45) is 5.92 Å². The van der Waals surface area contributed by atoms with Gasteiger partial charge in [0.15, 0.2) is 0 Å². The standard InChI is InChI=1S/C15H27B2NO2/c1-12-9-17(11-18)10-13(12)7-6-8-16-20-15(4,5)14(2,3)19/h13,16,19H,1,6-10H2,2-5H3. The first-order chi connectivity index (χ1) is 9.17. The first kappa shape index (κ1) is 17.3. The van der Waals surface area contributed by atoms with Crippen LogP contribution in [-0.2, 0) is 4.65 Å². The molecule has 1 unspecified atom stereocenters. The Morgan fingerprint density at radius 2 is 2.15 bits per heavy atom. The highest BCUT2D eigenvalue weighted by atomic mass is 16.5. The van der Waals surface area contributed by atoms with Crippen LogP contribution in [-0.4, -0.2) is 30.5 Å². The van der Waals surface area contributed by atoms with Crippen LogP contribution in [0.15, 0.2) is 12.2 Å². The van der Waals surface area contributed by atoms with E-state index < -0.39 is 11.2 Å². The zero-order valence-corrected chi connectivity index (χ0v) is 13.4. The van der Waals surface area contributed by atoms with E-state index >= 15 is 0 Å². The Morgan fingerprint density at radius 1 is 1.50 bits per heavy atom. The van der Waals surface area contributed by atoms with E-state index in [-0.39, 0.29) is 6.71 Å². The van der Waals surface area contributed by atoms with E-state index in [2.05, 4.69) is 12.5 Å². The fourth-order valence-corrected chi connectivity index (χ4v) is 2.49. The third kappa shape index (κ3) is 4.68. The average molecular weight is 275 g/mol. The van der Waals surface area contributed by atoms with Gasteiger partial charge in [-0.3, -0.25) is 0 Å². The lowest BCUT2D eigenvalue weighted by atomic mass is 9.49. The number of nitrogens with zero attached hydrogens (tertiary/aromatic N) is 1. The van der Waals surface area contributed by atoms with E-state index in [4.69, 9.17) is 9.92 Å². The molecule has 1 saturated heterocycles. The largest absolute Gasteiger partial charge is 0.432 e. The van der Waals surface area contributed by atoms with Crippen LogP contribution in [0.3, 0.4) is 0 Å². The predicted molar refractivity (Wildman–Crippen MR) is 86.3 cm³/mol. The third-order valence-corrected chi connectivity index (χ3v) is 4.72. The summed E-state index contributed by atoms with van der Waals surface area (Å²) in [6.07, 6.45) is 5.03. The number of aliphatic hydroxyl groups is 1. The fourth-order valence-electron chi connectivity index (χ4n) is 2.49. The second kappa shape index (κ2) is 6.82. The average Bonchev–Trinajstić information content (AvgIpc) is 2.68. The minimum absolute atomic E-state index is 0.179. The van der Waals surface area contributed by atoms with E-state index in [1.54, 1.807) is 13.8 Å². The highest BCUT2D eigenvalue weighted by Crippen LogP contribution is 2.34. The summed E-state index contributed by atoms with van der Waals surface area (Å²) < 4.78 is 5.80. The molecule has 1 aliphatic rings. The number of hydrogen-bond acceptors (Lipinski definition) is 3. The Labute approximate surface area is 124 Å². The molecule has 20 heavy (non-hydrogen) atoms. The Bertz CT molecular complexity index is 382. The lowest BCUT2D eigenvalue weighted by molar-refractivity contribution is -0.0904. The molecular formula is C15H27B2NO2. The van der Waals surface area contributed by atoms with Crippen LogP contribution >= 0.6 is 0 Å². The van der Waals surface area contributed by atoms with Crippen LogP contribution in [0.2, 0.25) is 19.0 Å². The Balaban J connectivity index is 2.21. The maximum Gasteiger partial charge on any atom is 0.275 e. The smallest absolute Gasteiger partial charge is 0.275 e. The van der Waals surface area contributed by atoms with Gasteiger partial charge in [0.05, 0.1) is 11.2 Å². The molecule has 0 bridgehead atoms. The van der Waals surface area contributed by atoms with Crippen molar-refractivity contribution < 1.29 is 9.76 Å². The summed E-state index contributed by atoms with van der Waals surface area (Å²) in [5.41, 5.74) is -0.128. The normalized spacial score (nSPS) is 20.1. The summed E-state index contributed by atoms with van der Waals surface area (Å²) >= 11 is 0. The molecule has 0 radical (unpaired) electrons. The van der Waals surface area contributed by atoms with E-state index in [1.807, 2.05) is 13.8 Å². The summed E-state index contributed by atoms with van der Waals surface area (Å²) in [6, 6.07) is 0. The van der Waals surface area contributed by atoms with Crippen LogP contribution < -0.4 is 0 Å². The molecule has 0 amide bonds. The van der Waals surface area contributed by atoms with Gasteiger partial charge in [-0.25, -0.2) is 5.26 Å². The molecule has 0 aromatic heterocycles. The van der Waals surface area contributed by atoms with Crippen molar-refractivity contribution in [3.05, 3.63) is 12.2 Å². The van der Waals surface area contributed by atoms with Gasteiger partial charge in [-0.2, -0.15) is 0 Å². The van der Waals surface area contributed by atoms with E-state index in [1.165, 1.54) is 5.57 Å². The number of hydrogen-bond donors (Lipinski definition) is 1. The lowest BCUT2D eigenvalue weighted by Gasteiger charge is -2.37. The molecule has 0 aromatic rings. The van der Waals surface area contributed by atoms with Crippen molar-refractivity contribution in [3.8, 4) is 5.97 Å². The Kier molecular flexibility index (Phi) is 5.91. The minimum atomic E-state index is -0.841. The molecule has 1 heterocycles. The van der Waals surface area contributed by atoms with Crippen molar-refractivity contribution in [2.45, 2.75) is 70.7 Å². The summed E-state index contributed by atoms with van der Waals surface area (Å²) in [6.45, 7) is 11.7. The second-order valence-electron chi connectivity index (χ2n) is 7.03. The van der Waals surface area contributed by atoms with Crippen LogP contribution in [0.1, 0.15) is 40.5 Å². The maximum absolute atomic E-state index is 10.00. The topological polar surface area (TPSA) is 53.2 Å². The maximum atomic E-state index is 10.00. The van der Waals surface area contributed by atoms with Crippen molar-refractivity contribution in [1.29, 1.82) is 5.26 Å². The molecular weight excluding hydrogens is 248 g/mol. The predicted octanol–water partition coefficient (Wildman–Crippen LogP) is 2.85. The number of nitriles is 1. The van der Waals surface area contributed by atoms with Gasteiger partial charge in [0.25, 0.3) is 14.2 Å². The van der Waals surface area contributed by atoms with Crippen LogP contribution in [0.5, 0.6) is 0 Å².